The third-order valence-corrected chi connectivity index (χ3v) is 3.39. The number of carbonyl (C=O) groups excluding carboxylic acids is 1. The van der Waals surface area contributed by atoms with Crippen molar-refractivity contribution in [3.63, 3.8) is 0 Å². The Bertz CT molecular complexity index is 874. The maximum Gasteiger partial charge on any atom is 0.156 e. The van der Waals surface area contributed by atoms with Crippen LogP contribution < -0.4 is 5.73 Å². The minimum atomic E-state index is 0.0141. The number of nitrogens with zero attached hydrogens (tertiary/aromatic N) is 3. The smallest absolute Gasteiger partial charge is 0.156 e. The number of carbonyl (C=O) groups is 1. The molecule has 0 spiro atoms. The van der Waals surface area contributed by atoms with Crippen molar-refractivity contribution < 1.29 is 4.79 Å². The Hall–Kier alpha value is -3.13. The van der Waals surface area contributed by atoms with Gasteiger partial charge in [0.1, 0.15) is 18.1 Å². The summed E-state index contributed by atoms with van der Waals surface area (Å²) in [5, 5.41) is 15.2. The van der Waals surface area contributed by atoms with Gasteiger partial charge in [0.2, 0.25) is 0 Å². The van der Waals surface area contributed by atoms with Gasteiger partial charge >= 0.3 is 0 Å². The molecule has 0 radical (unpaired) electrons. The molecule has 21 heavy (non-hydrogen) atoms. The summed E-state index contributed by atoms with van der Waals surface area (Å²) in [6.45, 7) is 0.0141. The van der Waals surface area contributed by atoms with E-state index in [2.05, 4.69) is 5.10 Å². The minimum Gasteiger partial charge on any atom is -0.383 e. The summed E-state index contributed by atoms with van der Waals surface area (Å²) < 4.78 is 1.34. The second kappa shape index (κ2) is 5.10. The quantitative estimate of drug-likeness (QED) is 0.745. The van der Waals surface area contributed by atoms with Crippen molar-refractivity contribution in [3.8, 4) is 17.3 Å². The van der Waals surface area contributed by atoms with Crippen LogP contribution in [0.25, 0.3) is 22.0 Å². The van der Waals surface area contributed by atoms with E-state index in [4.69, 9.17) is 11.0 Å². The molecule has 1 heterocycles. The van der Waals surface area contributed by atoms with Crippen molar-refractivity contribution >= 4 is 22.9 Å². The van der Waals surface area contributed by atoms with Gasteiger partial charge in [-0.1, -0.05) is 36.4 Å². The summed E-state index contributed by atoms with van der Waals surface area (Å²) in [7, 11) is 0. The lowest BCUT2D eigenvalue weighted by Crippen LogP contribution is -2.03. The van der Waals surface area contributed by atoms with Crippen molar-refractivity contribution in [1.29, 1.82) is 5.26 Å². The molecule has 3 rings (SSSR count). The van der Waals surface area contributed by atoms with Crippen LogP contribution in [0.15, 0.2) is 42.5 Å². The van der Waals surface area contributed by atoms with Gasteiger partial charge in [-0.15, -0.1) is 0 Å². The number of anilines is 1. The van der Waals surface area contributed by atoms with Gasteiger partial charge in [0.25, 0.3) is 0 Å². The summed E-state index contributed by atoms with van der Waals surface area (Å²) in [6, 6.07) is 15.7. The molecule has 0 amide bonds. The largest absolute Gasteiger partial charge is 0.383 e. The van der Waals surface area contributed by atoms with Gasteiger partial charge in [-0.25, -0.2) is 4.68 Å². The first-order valence-corrected chi connectivity index (χ1v) is 6.42. The van der Waals surface area contributed by atoms with Crippen LogP contribution in [-0.4, -0.2) is 16.1 Å². The zero-order chi connectivity index (χ0) is 14.8. The van der Waals surface area contributed by atoms with E-state index < -0.39 is 0 Å². The molecule has 2 aromatic carbocycles. The molecular weight excluding hydrogens is 264 g/mol. The van der Waals surface area contributed by atoms with Gasteiger partial charge in [-0.3, -0.25) is 4.79 Å². The van der Waals surface area contributed by atoms with Crippen molar-refractivity contribution in [3.05, 3.63) is 48.0 Å². The summed E-state index contributed by atoms with van der Waals surface area (Å²) in [5.41, 5.74) is 7.50. The molecule has 0 fully saturated rings. The minimum absolute atomic E-state index is 0.0141. The maximum absolute atomic E-state index is 11.3. The molecule has 0 atom stereocenters. The molecule has 0 saturated heterocycles. The first-order valence-electron chi connectivity index (χ1n) is 6.42. The van der Waals surface area contributed by atoms with Crippen LogP contribution in [0.3, 0.4) is 0 Å². The van der Waals surface area contributed by atoms with E-state index in [9.17, 15) is 4.79 Å². The molecule has 0 bridgehead atoms. The number of nitrogen functional groups attached to an aromatic ring is 1. The highest BCUT2D eigenvalue weighted by molar-refractivity contribution is 5.94. The molecule has 3 aromatic rings. The summed E-state index contributed by atoms with van der Waals surface area (Å²) in [5.74, 6) is 0.217. The van der Waals surface area contributed by atoms with Crippen LogP contribution in [0.1, 0.15) is 10.4 Å². The van der Waals surface area contributed by atoms with Gasteiger partial charge < -0.3 is 5.73 Å². The lowest BCUT2D eigenvalue weighted by atomic mass is 10.0. The van der Waals surface area contributed by atoms with Gasteiger partial charge in [0, 0.05) is 5.56 Å². The number of benzene rings is 2. The van der Waals surface area contributed by atoms with Gasteiger partial charge in [0.15, 0.2) is 6.29 Å². The lowest BCUT2D eigenvalue weighted by Gasteiger charge is -2.01. The van der Waals surface area contributed by atoms with Gasteiger partial charge in [-0.2, -0.15) is 10.4 Å². The molecule has 102 valence electrons. The lowest BCUT2D eigenvalue weighted by molar-refractivity contribution is 0.112. The molecular formula is C16H12N4O. The zero-order valence-corrected chi connectivity index (χ0v) is 11.2. The number of hydrogen-bond acceptors (Lipinski definition) is 4. The fourth-order valence-corrected chi connectivity index (χ4v) is 2.34. The molecule has 2 N–H and O–H groups in total. The molecule has 0 unspecified atom stereocenters. The predicted octanol–water partition coefficient (Wildman–Crippen LogP) is 2.62. The van der Waals surface area contributed by atoms with E-state index in [1.54, 1.807) is 0 Å². The van der Waals surface area contributed by atoms with Gasteiger partial charge in [0.05, 0.1) is 11.6 Å². The number of rotatable bonds is 3. The fraction of sp³-hybridized carbons (Fsp3) is 0.0625. The molecule has 5 heteroatoms. The third-order valence-electron chi connectivity index (χ3n) is 3.39. The molecule has 1 aromatic heterocycles. The molecule has 0 aliphatic rings. The van der Waals surface area contributed by atoms with Crippen molar-refractivity contribution in [1.82, 2.24) is 9.78 Å². The van der Waals surface area contributed by atoms with E-state index in [0.29, 0.717) is 17.5 Å². The highest BCUT2D eigenvalue weighted by atomic mass is 16.1. The van der Waals surface area contributed by atoms with Crippen LogP contribution in [0.4, 0.5) is 5.82 Å². The van der Waals surface area contributed by atoms with Crippen molar-refractivity contribution in [2.45, 2.75) is 6.54 Å². The Morgan fingerprint density at radius 2 is 2.00 bits per heavy atom. The maximum atomic E-state index is 11.3. The summed E-state index contributed by atoms with van der Waals surface area (Å²) >= 11 is 0. The Kier molecular flexibility index (Phi) is 3.13. The number of aromatic nitrogens is 2. The Morgan fingerprint density at radius 3 is 2.71 bits per heavy atom. The standard InChI is InChI=1S/C16H12N4O/c17-7-8-20-16(18)14(10-21)15(19-20)13-6-5-11-3-1-2-4-12(11)9-13/h1-6,9-10H,8,18H2. The first kappa shape index (κ1) is 12.9. The normalized spacial score (nSPS) is 10.4. The van der Waals surface area contributed by atoms with Crippen LogP contribution >= 0.6 is 0 Å². The van der Waals surface area contributed by atoms with E-state index in [1.165, 1.54) is 4.68 Å². The van der Waals surface area contributed by atoms with Crippen LogP contribution in [0.5, 0.6) is 0 Å². The molecule has 5 nitrogen and oxygen atoms in total. The van der Waals surface area contributed by atoms with Crippen molar-refractivity contribution in [2.24, 2.45) is 0 Å². The average Bonchev–Trinajstić information content (AvgIpc) is 2.83. The number of aldehydes is 1. The Labute approximate surface area is 121 Å². The number of nitriles is 1. The van der Waals surface area contributed by atoms with Crippen LogP contribution in [-0.2, 0) is 6.54 Å². The predicted molar refractivity (Wildman–Crippen MR) is 80.6 cm³/mol. The highest BCUT2D eigenvalue weighted by Gasteiger charge is 2.16. The number of hydrogen-bond donors (Lipinski definition) is 1. The van der Waals surface area contributed by atoms with Crippen LogP contribution in [0, 0.1) is 11.3 Å². The Morgan fingerprint density at radius 1 is 1.24 bits per heavy atom. The summed E-state index contributed by atoms with van der Waals surface area (Å²) in [4.78, 5) is 11.3. The second-order valence-electron chi connectivity index (χ2n) is 4.64. The zero-order valence-electron chi connectivity index (χ0n) is 11.2. The monoisotopic (exact) mass is 276 g/mol. The summed E-state index contributed by atoms with van der Waals surface area (Å²) in [6.07, 6.45) is 0.681. The van der Waals surface area contributed by atoms with E-state index >= 15 is 0 Å². The fourth-order valence-electron chi connectivity index (χ4n) is 2.34. The average molecular weight is 276 g/mol. The molecule has 0 aliphatic heterocycles. The van der Waals surface area contributed by atoms with Crippen LogP contribution in [0.2, 0.25) is 0 Å². The van der Waals surface area contributed by atoms with E-state index in [-0.39, 0.29) is 12.4 Å². The molecule has 0 aliphatic carbocycles. The third kappa shape index (κ3) is 2.13. The highest BCUT2D eigenvalue weighted by Crippen LogP contribution is 2.28. The second-order valence-corrected chi connectivity index (χ2v) is 4.64. The molecule has 0 saturated carbocycles. The number of nitrogens with two attached hydrogens (primary N) is 1. The topological polar surface area (TPSA) is 84.7 Å². The number of fused-ring (bicyclic) bond motifs is 1. The van der Waals surface area contributed by atoms with Gasteiger partial charge in [-0.05, 0) is 16.8 Å². The van der Waals surface area contributed by atoms with Crippen molar-refractivity contribution in [2.75, 3.05) is 5.73 Å². The SMILES string of the molecule is N#CCn1nc(-c2ccc3ccccc3c2)c(C=O)c1N. The van der Waals surface area contributed by atoms with E-state index in [1.807, 2.05) is 48.5 Å². The Balaban J connectivity index is 2.20. The van der Waals surface area contributed by atoms with E-state index in [0.717, 1.165) is 16.3 Å². The first-order chi connectivity index (χ1) is 10.2.